The molecule has 0 unspecified atom stereocenters. The molecule has 1 aromatic heterocycles. The Balaban J connectivity index is 0.00000166. The van der Waals surface area contributed by atoms with E-state index in [9.17, 15) is 18.4 Å². The van der Waals surface area contributed by atoms with E-state index in [-0.39, 0.29) is 10.8 Å². The van der Waals surface area contributed by atoms with Gasteiger partial charge in [0.25, 0.3) is 5.91 Å². The number of halogens is 2. The number of carbonyl (C=O) groups is 2. The Kier molecular flexibility index (Phi) is 8.21. The maximum Gasteiger partial charge on any atom is 0.358 e. The van der Waals surface area contributed by atoms with Gasteiger partial charge in [-0.2, -0.15) is 0 Å². The molecule has 1 N–H and O–H groups in total. The van der Waals surface area contributed by atoms with Crippen molar-refractivity contribution in [2.24, 2.45) is 0 Å². The number of aryl methyl sites for hydroxylation is 1. The molecular formula is C22H22F2N2O4S. The van der Waals surface area contributed by atoms with Gasteiger partial charge in [0.15, 0.2) is 10.8 Å². The van der Waals surface area contributed by atoms with Crippen molar-refractivity contribution in [3.8, 4) is 16.2 Å². The zero-order valence-corrected chi connectivity index (χ0v) is 18.5. The summed E-state index contributed by atoms with van der Waals surface area (Å²) in [6.07, 6.45) is 0. The van der Waals surface area contributed by atoms with Crippen molar-refractivity contribution in [3.05, 3.63) is 64.9 Å². The standard InChI is InChI=1S/C20H16F2N2O4S.C2H6/c1-10-7-8-11(27-2)9-12(10)17-16(19(26)28-3)23-20(29-17)24-18(25)15-13(21)5-4-6-14(15)22;1-2/h4-9H,1-3H3,(H,23,24,25);1-2H3. The molecule has 0 radical (unpaired) electrons. The van der Waals surface area contributed by atoms with E-state index in [1.54, 1.807) is 12.1 Å². The summed E-state index contributed by atoms with van der Waals surface area (Å²) in [4.78, 5) is 29.1. The Hall–Kier alpha value is -3.33. The Morgan fingerprint density at radius 3 is 2.29 bits per heavy atom. The highest BCUT2D eigenvalue weighted by molar-refractivity contribution is 7.19. The number of nitrogens with zero attached hydrogens (tertiary/aromatic N) is 1. The van der Waals surface area contributed by atoms with Gasteiger partial charge >= 0.3 is 5.97 Å². The number of hydrogen-bond acceptors (Lipinski definition) is 6. The number of esters is 1. The number of rotatable bonds is 5. The number of anilines is 1. The van der Waals surface area contributed by atoms with E-state index >= 15 is 0 Å². The molecule has 1 amide bonds. The van der Waals surface area contributed by atoms with Crippen LogP contribution in [-0.2, 0) is 4.74 Å². The van der Waals surface area contributed by atoms with Gasteiger partial charge in [0.1, 0.15) is 22.9 Å². The van der Waals surface area contributed by atoms with Crippen molar-refractivity contribution in [2.45, 2.75) is 20.8 Å². The maximum absolute atomic E-state index is 13.9. The largest absolute Gasteiger partial charge is 0.497 e. The molecule has 0 bridgehead atoms. The van der Waals surface area contributed by atoms with Gasteiger partial charge in [-0.15, -0.1) is 0 Å². The summed E-state index contributed by atoms with van der Waals surface area (Å²) in [5.41, 5.74) is 0.719. The molecule has 6 nitrogen and oxygen atoms in total. The first-order chi connectivity index (χ1) is 14.8. The van der Waals surface area contributed by atoms with Gasteiger partial charge < -0.3 is 9.47 Å². The summed E-state index contributed by atoms with van der Waals surface area (Å²) in [5, 5.41) is 2.34. The second-order valence-electron chi connectivity index (χ2n) is 5.92. The summed E-state index contributed by atoms with van der Waals surface area (Å²) in [6, 6.07) is 8.40. The third kappa shape index (κ3) is 5.24. The van der Waals surface area contributed by atoms with E-state index in [0.717, 1.165) is 35.1 Å². The minimum atomic E-state index is -1.01. The number of amides is 1. The minimum Gasteiger partial charge on any atom is -0.497 e. The molecule has 0 aliphatic carbocycles. The summed E-state index contributed by atoms with van der Waals surface area (Å²) in [5.74, 6) is -3.17. The molecule has 0 spiro atoms. The van der Waals surface area contributed by atoms with Crippen LogP contribution < -0.4 is 10.1 Å². The zero-order valence-electron chi connectivity index (χ0n) is 17.7. The van der Waals surface area contributed by atoms with Crippen molar-refractivity contribution in [1.82, 2.24) is 4.98 Å². The number of ether oxygens (including phenoxy) is 2. The SMILES string of the molecule is CC.COC(=O)c1nc(NC(=O)c2c(F)cccc2F)sc1-c1cc(OC)ccc1C. The molecule has 3 rings (SSSR count). The number of aromatic nitrogens is 1. The molecule has 0 aliphatic rings. The Morgan fingerprint density at radius 1 is 1.06 bits per heavy atom. The average molecular weight is 448 g/mol. The quantitative estimate of drug-likeness (QED) is 0.524. The summed E-state index contributed by atoms with van der Waals surface area (Å²) in [7, 11) is 2.72. The predicted molar refractivity (Wildman–Crippen MR) is 116 cm³/mol. The van der Waals surface area contributed by atoms with Crippen LogP contribution >= 0.6 is 11.3 Å². The van der Waals surface area contributed by atoms with Crippen LogP contribution in [0.4, 0.5) is 13.9 Å². The second kappa shape index (κ2) is 10.6. The molecular weight excluding hydrogens is 426 g/mol. The van der Waals surface area contributed by atoms with Gasteiger partial charge in [0.2, 0.25) is 0 Å². The van der Waals surface area contributed by atoms with E-state index in [1.165, 1.54) is 14.2 Å². The number of methoxy groups -OCH3 is 2. The van der Waals surface area contributed by atoms with Gasteiger partial charge in [0.05, 0.1) is 19.1 Å². The van der Waals surface area contributed by atoms with Crippen molar-refractivity contribution in [2.75, 3.05) is 19.5 Å². The fraction of sp³-hybridized carbons (Fsp3) is 0.227. The van der Waals surface area contributed by atoms with Crippen molar-refractivity contribution >= 4 is 28.3 Å². The first kappa shape index (κ1) is 23.9. The Bertz CT molecular complexity index is 1080. The summed E-state index contributed by atoms with van der Waals surface area (Å²) in [6.45, 7) is 5.84. The van der Waals surface area contributed by atoms with E-state index in [2.05, 4.69) is 10.3 Å². The Labute approximate surface area is 182 Å². The van der Waals surface area contributed by atoms with E-state index in [0.29, 0.717) is 16.2 Å². The summed E-state index contributed by atoms with van der Waals surface area (Å²) < 4.78 is 37.7. The predicted octanol–water partition coefficient (Wildman–Crippen LogP) is 5.47. The number of thiazole rings is 1. The van der Waals surface area contributed by atoms with E-state index in [4.69, 9.17) is 9.47 Å². The average Bonchev–Trinajstić information content (AvgIpc) is 3.18. The van der Waals surface area contributed by atoms with Gasteiger partial charge in [0, 0.05) is 5.56 Å². The van der Waals surface area contributed by atoms with Crippen LogP contribution in [0.2, 0.25) is 0 Å². The molecule has 0 saturated carbocycles. The normalized spacial score (nSPS) is 10.0. The van der Waals surface area contributed by atoms with Crippen LogP contribution in [-0.4, -0.2) is 31.1 Å². The van der Waals surface area contributed by atoms with Crippen LogP contribution in [0.15, 0.2) is 36.4 Å². The zero-order chi connectivity index (χ0) is 23.1. The van der Waals surface area contributed by atoms with E-state index < -0.39 is 29.1 Å². The number of benzene rings is 2. The molecule has 1 heterocycles. The highest BCUT2D eigenvalue weighted by Gasteiger charge is 2.24. The first-order valence-electron chi connectivity index (χ1n) is 9.35. The highest BCUT2D eigenvalue weighted by atomic mass is 32.1. The third-order valence-corrected chi connectivity index (χ3v) is 5.11. The maximum atomic E-state index is 13.9. The second-order valence-corrected chi connectivity index (χ2v) is 6.92. The molecule has 0 aliphatic heterocycles. The van der Waals surface area contributed by atoms with Gasteiger partial charge in [-0.1, -0.05) is 37.3 Å². The van der Waals surface area contributed by atoms with Crippen molar-refractivity contribution in [3.63, 3.8) is 0 Å². The topological polar surface area (TPSA) is 77.5 Å². The fourth-order valence-electron chi connectivity index (χ4n) is 2.64. The van der Waals surface area contributed by atoms with Gasteiger partial charge in [-0.25, -0.2) is 18.6 Å². The van der Waals surface area contributed by atoms with Crippen LogP contribution in [0.25, 0.3) is 10.4 Å². The highest BCUT2D eigenvalue weighted by Crippen LogP contribution is 2.37. The molecule has 9 heteroatoms. The van der Waals surface area contributed by atoms with Crippen LogP contribution in [0.5, 0.6) is 5.75 Å². The molecule has 2 aromatic carbocycles. The smallest absolute Gasteiger partial charge is 0.358 e. The molecule has 0 fully saturated rings. The lowest BCUT2D eigenvalue weighted by atomic mass is 10.1. The third-order valence-electron chi connectivity index (χ3n) is 4.11. The molecule has 0 saturated heterocycles. The van der Waals surface area contributed by atoms with Crippen LogP contribution in [0, 0.1) is 18.6 Å². The monoisotopic (exact) mass is 448 g/mol. The molecule has 3 aromatic rings. The van der Waals surface area contributed by atoms with Gasteiger partial charge in [-0.05, 0) is 36.8 Å². The fourth-order valence-corrected chi connectivity index (χ4v) is 3.67. The molecule has 0 atom stereocenters. The van der Waals surface area contributed by atoms with Crippen molar-refractivity contribution < 1.29 is 27.8 Å². The van der Waals surface area contributed by atoms with Crippen LogP contribution in [0.3, 0.4) is 0 Å². The molecule has 164 valence electrons. The lowest BCUT2D eigenvalue weighted by molar-refractivity contribution is 0.0595. The first-order valence-corrected chi connectivity index (χ1v) is 10.2. The number of nitrogens with one attached hydrogen (secondary N) is 1. The lowest BCUT2D eigenvalue weighted by Gasteiger charge is -2.07. The van der Waals surface area contributed by atoms with E-state index in [1.807, 2.05) is 26.8 Å². The Morgan fingerprint density at radius 2 is 1.71 bits per heavy atom. The molecule has 31 heavy (non-hydrogen) atoms. The lowest BCUT2D eigenvalue weighted by Crippen LogP contribution is -2.16. The van der Waals surface area contributed by atoms with Crippen molar-refractivity contribution in [1.29, 1.82) is 0 Å². The number of carbonyl (C=O) groups excluding carboxylic acids is 2. The van der Waals surface area contributed by atoms with Crippen LogP contribution in [0.1, 0.15) is 40.3 Å². The van der Waals surface area contributed by atoms with Gasteiger partial charge in [-0.3, -0.25) is 10.1 Å². The number of hydrogen-bond donors (Lipinski definition) is 1. The minimum absolute atomic E-state index is 0.00438. The summed E-state index contributed by atoms with van der Waals surface area (Å²) >= 11 is 0.980.